The van der Waals surface area contributed by atoms with Gasteiger partial charge in [0.1, 0.15) is 17.0 Å². The van der Waals surface area contributed by atoms with Crippen molar-refractivity contribution in [2.45, 2.75) is 88.6 Å². The number of urea groups is 1. The number of benzene rings is 1. The van der Waals surface area contributed by atoms with Crippen molar-refractivity contribution in [2.75, 3.05) is 38.5 Å². The number of hydrogen-bond donors (Lipinski definition) is 4. The van der Waals surface area contributed by atoms with Crippen LogP contribution in [0.3, 0.4) is 0 Å². The lowest BCUT2D eigenvalue weighted by atomic mass is 9.86. The maximum absolute atomic E-state index is 13.7. The second-order valence-electron chi connectivity index (χ2n) is 12.8. The predicted octanol–water partition coefficient (Wildman–Crippen LogP) is 3.58. The van der Waals surface area contributed by atoms with E-state index in [9.17, 15) is 19.2 Å². The minimum Gasteiger partial charge on any atom is -0.338 e. The number of aromatic nitrogens is 2. The molecular formula is C33H48N8O4S. The normalized spacial score (nSPS) is 19.5. The van der Waals surface area contributed by atoms with E-state index in [2.05, 4.69) is 30.7 Å². The first-order valence-corrected chi connectivity index (χ1v) is 17.5. The van der Waals surface area contributed by atoms with E-state index in [-0.39, 0.29) is 41.6 Å². The fraction of sp³-hybridized carbons (Fsp3) is 0.606. The molecule has 2 saturated carbocycles. The molecule has 0 radical (unpaired) electrons. The highest BCUT2D eigenvalue weighted by molar-refractivity contribution is 7.99. The number of anilines is 1. The maximum Gasteiger partial charge on any atom is 0.315 e. The molecule has 1 aromatic carbocycles. The van der Waals surface area contributed by atoms with Crippen LogP contribution in [0.1, 0.15) is 80.8 Å². The molecule has 2 aromatic rings. The summed E-state index contributed by atoms with van der Waals surface area (Å²) in [6, 6.07) is 8.31. The van der Waals surface area contributed by atoms with Crippen LogP contribution in [0.2, 0.25) is 0 Å². The monoisotopic (exact) mass is 652 g/mol. The van der Waals surface area contributed by atoms with Gasteiger partial charge >= 0.3 is 6.03 Å². The van der Waals surface area contributed by atoms with Gasteiger partial charge in [0.05, 0.1) is 0 Å². The number of rotatable bonds is 12. The van der Waals surface area contributed by atoms with Crippen LogP contribution in [0.4, 0.5) is 10.5 Å². The van der Waals surface area contributed by atoms with Crippen molar-refractivity contribution in [3.8, 4) is 0 Å². The van der Waals surface area contributed by atoms with Crippen LogP contribution in [0.25, 0.3) is 0 Å². The molecule has 3 aliphatic rings. The Hall–Kier alpha value is -3.58. The summed E-state index contributed by atoms with van der Waals surface area (Å²) in [4.78, 5) is 57.0. The summed E-state index contributed by atoms with van der Waals surface area (Å²) < 4.78 is 4.54. The zero-order chi connectivity index (χ0) is 32.6. The third-order valence-corrected chi connectivity index (χ3v) is 10.5. The number of nitrogens with one attached hydrogen (secondary N) is 4. The number of nitrogens with zero attached hydrogens (tertiary/aromatic N) is 4. The second-order valence-corrected chi connectivity index (χ2v) is 13.7. The van der Waals surface area contributed by atoms with Gasteiger partial charge in [-0.3, -0.25) is 23.8 Å². The summed E-state index contributed by atoms with van der Waals surface area (Å²) in [5.41, 5.74) is 1.99. The summed E-state index contributed by atoms with van der Waals surface area (Å²) in [7, 11) is 2.04. The molecule has 0 spiro atoms. The van der Waals surface area contributed by atoms with Crippen LogP contribution >= 0.6 is 11.9 Å². The first-order chi connectivity index (χ1) is 22.2. The van der Waals surface area contributed by atoms with Crippen molar-refractivity contribution in [1.29, 1.82) is 0 Å². The van der Waals surface area contributed by atoms with Crippen molar-refractivity contribution in [3.05, 3.63) is 47.8 Å². The number of carbonyl (C=O) groups is 4. The topological polar surface area (TPSA) is 141 Å². The van der Waals surface area contributed by atoms with Gasteiger partial charge in [0, 0.05) is 56.6 Å². The van der Waals surface area contributed by atoms with Crippen LogP contribution in [0, 0.1) is 5.92 Å². The Bertz CT molecular complexity index is 1350. The number of aryl methyl sites for hydroxylation is 1. The first-order valence-electron chi connectivity index (χ1n) is 16.7. The Kier molecular flexibility index (Phi) is 11.6. The molecule has 2 heterocycles. The lowest BCUT2D eigenvalue weighted by Crippen LogP contribution is -2.57. The maximum atomic E-state index is 13.7. The molecule has 3 atom stereocenters. The van der Waals surface area contributed by atoms with Crippen LogP contribution in [-0.4, -0.2) is 93.9 Å². The molecule has 3 fully saturated rings. The molecule has 1 aromatic heterocycles. The second kappa shape index (κ2) is 15.8. The Morgan fingerprint density at radius 2 is 1.65 bits per heavy atom. The van der Waals surface area contributed by atoms with E-state index in [0.717, 1.165) is 63.6 Å². The van der Waals surface area contributed by atoms with E-state index in [1.807, 2.05) is 50.1 Å². The molecule has 4 N–H and O–H groups in total. The number of piperazine rings is 1. The third-order valence-electron chi connectivity index (χ3n) is 9.35. The highest BCUT2D eigenvalue weighted by atomic mass is 32.2. The average molecular weight is 653 g/mol. The van der Waals surface area contributed by atoms with Crippen LogP contribution in [0.5, 0.6) is 0 Å². The van der Waals surface area contributed by atoms with E-state index >= 15 is 0 Å². The fourth-order valence-corrected chi connectivity index (χ4v) is 7.21. The lowest BCUT2D eigenvalue weighted by molar-refractivity contribution is -0.135. The van der Waals surface area contributed by atoms with Crippen LogP contribution in [-0.2, 0) is 16.1 Å². The Balaban J connectivity index is 1.25. The Morgan fingerprint density at radius 3 is 2.30 bits per heavy atom. The minimum absolute atomic E-state index is 0.0830. The fourth-order valence-electron chi connectivity index (χ4n) is 6.24. The minimum atomic E-state index is -0.720. The molecule has 0 bridgehead atoms. The molecule has 1 saturated heterocycles. The Labute approximate surface area is 275 Å². The molecule has 5 rings (SSSR count). The van der Waals surface area contributed by atoms with E-state index in [1.165, 1.54) is 11.9 Å². The van der Waals surface area contributed by atoms with Gasteiger partial charge in [-0.05, 0) is 81.3 Å². The SMILES string of the molecule is CCn1nccc1C(=O)NS[C@H](C(=O)Nc1ccc([C@H](C)[C@@H](NC(=O)NC2CC2)C(=O)N2CCN(C)CC2)cc1)C1CCCCC1. The van der Waals surface area contributed by atoms with Crippen LogP contribution in [0.15, 0.2) is 36.5 Å². The molecular weight excluding hydrogens is 604 g/mol. The number of carbonyl (C=O) groups excluding carboxylic acids is 4. The van der Waals surface area contributed by atoms with Gasteiger partial charge < -0.3 is 25.8 Å². The number of hydrogen-bond acceptors (Lipinski definition) is 7. The Morgan fingerprint density at radius 1 is 0.957 bits per heavy atom. The van der Waals surface area contributed by atoms with E-state index in [1.54, 1.807) is 16.9 Å². The largest absolute Gasteiger partial charge is 0.338 e. The van der Waals surface area contributed by atoms with Gasteiger partial charge in [-0.2, -0.15) is 5.10 Å². The van der Waals surface area contributed by atoms with Crippen molar-refractivity contribution >= 4 is 41.4 Å². The highest BCUT2D eigenvalue weighted by Gasteiger charge is 2.35. The summed E-state index contributed by atoms with van der Waals surface area (Å²) in [6.07, 6.45) is 8.70. The van der Waals surface area contributed by atoms with Gasteiger partial charge in [0.25, 0.3) is 5.91 Å². The molecule has 13 heteroatoms. The van der Waals surface area contributed by atoms with E-state index in [0.29, 0.717) is 31.0 Å². The smallest absolute Gasteiger partial charge is 0.315 e. The zero-order valence-corrected chi connectivity index (χ0v) is 28.0. The number of amides is 5. The quantitative estimate of drug-likeness (QED) is 0.257. The van der Waals surface area contributed by atoms with Crippen LogP contribution < -0.4 is 20.7 Å². The van der Waals surface area contributed by atoms with Crippen molar-refractivity contribution in [2.24, 2.45) is 5.92 Å². The van der Waals surface area contributed by atoms with Gasteiger partial charge in [-0.1, -0.05) is 38.3 Å². The van der Waals surface area contributed by atoms with Crippen molar-refractivity contribution in [1.82, 2.24) is 34.9 Å². The van der Waals surface area contributed by atoms with Crippen molar-refractivity contribution in [3.63, 3.8) is 0 Å². The standard InChI is InChI=1S/C33H48N8O4S/c1-4-41-27(16-17-34-41)30(42)38-46-29(24-8-6-5-7-9-24)31(43)35-25-12-10-23(11-13-25)22(2)28(37-33(45)36-26-14-15-26)32(44)40-20-18-39(3)19-21-40/h10-13,16-17,22,24,26,28-29H,4-9,14-15,18-21H2,1-3H3,(H,35,43)(H,38,42)(H2,36,37,45)/t22-,28+,29-/m0/s1. The summed E-state index contributed by atoms with van der Waals surface area (Å²) in [5.74, 6) is -0.636. The summed E-state index contributed by atoms with van der Waals surface area (Å²) >= 11 is 1.18. The number of likely N-dealkylation sites (N-methyl/N-ethyl adjacent to an activating group) is 1. The molecule has 2 aliphatic carbocycles. The average Bonchev–Trinajstić information content (AvgIpc) is 3.75. The first kappa shape index (κ1) is 33.8. The summed E-state index contributed by atoms with van der Waals surface area (Å²) in [5, 5.41) is 12.7. The molecule has 0 unspecified atom stereocenters. The molecule has 5 amide bonds. The van der Waals surface area contributed by atoms with Gasteiger partial charge in [-0.25, -0.2) is 4.79 Å². The van der Waals surface area contributed by atoms with E-state index < -0.39 is 11.3 Å². The lowest BCUT2D eigenvalue weighted by Gasteiger charge is -2.36. The van der Waals surface area contributed by atoms with Crippen molar-refractivity contribution < 1.29 is 19.2 Å². The zero-order valence-electron chi connectivity index (χ0n) is 27.2. The summed E-state index contributed by atoms with van der Waals surface area (Å²) in [6.45, 7) is 7.29. The van der Waals surface area contributed by atoms with Gasteiger partial charge in [-0.15, -0.1) is 0 Å². The third kappa shape index (κ3) is 8.81. The van der Waals surface area contributed by atoms with E-state index in [4.69, 9.17) is 0 Å². The van der Waals surface area contributed by atoms with Gasteiger partial charge in [0.15, 0.2) is 0 Å². The highest BCUT2D eigenvalue weighted by Crippen LogP contribution is 2.33. The molecule has 12 nitrogen and oxygen atoms in total. The molecule has 46 heavy (non-hydrogen) atoms. The predicted molar refractivity (Wildman–Crippen MR) is 179 cm³/mol. The molecule has 250 valence electrons. The molecule has 1 aliphatic heterocycles. The van der Waals surface area contributed by atoms with Gasteiger partial charge in [0.2, 0.25) is 11.8 Å².